The van der Waals surface area contributed by atoms with Gasteiger partial charge in [0.2, 0.25) is 0 Å². The Morgan fingerprint density at radius 1 is 1.16 bits per heavy atom. The minimum Gasteiger partial charge on any atom is -0.355 e. The largest absolute Gasteiger partial charge is 0.355 e. The number of likely N-dealkylation sites (tertiary alicyclic amines) is 1. The van der Waals surface area contributed by atoms with Crippen LogP contribution < -0.4 is 0 Å². The Balaban J connectivity index is 1.44. The third kappa shape index (κ3) is 3.51. The molecule has 0 aromatic carbocycles. The van der Waals surface area contributed by atoms with Gasteiger partial charge in [-0.1, -0.05) is 29.4 Å². The summed E-state index contributed by atoms with van der Waals surface area (Å²) in [7, 11) is 0. The molecule has 0 bridgehead atoms. The number of aryl methyl sites for hydroxylation is 1. The first kappa shape index (κ1) is 17.2. The molecular weight excluding hydrogens is 332 g/mol. The van der Waals surface area contributed by atoms with Gasteiger partial charge in [0.1, 0.15) is 4.88 Å². The predicted molar refractivity (Wildman–Crippen MR) is 99.9 cm³/mol. The number of piperidine rings is 1. The van der Waals surface area contributed by atoms with Crippen LogP contribution in [0.15, 0.2) is 4.52 Å². The van der Waals surface area contributed by atoms with Gasteiger partial charge in [0.15, 0.2) is 5.76 Å². The summed E-state index contributed by atoms with van der Waals surface area (Å²) in [6.45, 7) is 7.85. The molecule has 4 rings (SSSR count). The summed E-state index contributed by atoms with van der Waals surface area (Å²) < 4.78 is 9.89. The van der Waals surface area contributed by atoms with Crippen molar-refractivity contribution in [3.63, 3.8) is 0 Å². The molecule has 2 aromatic rings. The van der Waals surface area contributed by atoms with Gasteiger partial charge in [0.25, 0.3) is 0 Å². The van der Waals surface area contributed by atoms with Crippen molar-refractivity contribution in [2.24, 2.45) is 5.92 Å². The van der Waals surface area contributed by atoms with Crippen LogP contribution in [0, 0.1) is 12.8 Å². The lowest BCUT2D eigenvalue weighted by atomic mass is 9.91. The van der Waals surface area contributed by atoms with E-state index < -0.39 is 0 Å². The van der Waals surface area contributed by atoms with E-state index in [9.17, 15) is 0 Å². The van der Waals surface area contributed by atoms with E-state index in [1.807, 2.05) is 6.92 Å². The van der Waals surface area contributed by atoms with E-state index in [1.54, 1.807) is 0 Å². The maximum absolute atomic E-state index is 5.64. The lowest BCUT2D eigenvalue weighted by Gasteiger charge is -2.33. The Bertz CT molecular complexity index is 696. The fraction of sp³-hybridized carbons (Fsp3) is 0.737. The van der Waals surface area contributed by atoms with E-state index >= 15 is 0 Å². The fourth-order valence-corrected chi connectivity index (χ4v) is 5.31. The Hall–Kier alpha value is -1.27. The highest BCUT2D eigenvalue weighted by molar-refractivity contribution is 7.09. The molecule has 0 amide bonds. The number of hydrogen-bond acceptors (Lipinski definition) is 6. The van der Waals surface area contributed by atoms with Crippen LogP contribution in [-0.2, 0) is 6.42 Å². The van der Waals surface area contributed by atoms with Crippen LogP contribution in [0.1, 0.15) is 68.3 Å². The lowest BCUT2D eigenvalue weighted by Crippen LogP contribution is -2.36. The van der Waals surface area contributed by atoms with Crippen molar-refractivity contribution >= 4 is 11.5 Å². The Kier molecular flexibility index (Phi) is 5.17. The SMILES string of the molecule is CCc1c(C)noc1-c1snnc1C1CCN(CC2CCCC2)CC1. The summed E-state index contributed by atoms with van der Waals surface area (Å²) >= 11 is 1.46. The van der Waals surface area contributed by atoms with Crippen molar-refractivity contribution in [2.75, 3.05) is 19.6 Å². The van der Waals surface area contributed by atoms with Gasteiger partial charge in [0, 0.05) is 18.0 Å². The van der Waals surface area contributed by atoms with Crippen LogP contribution in [0.4, 0.5) is 0 Å². The van der Waals surface area contributed by atoms with Gasteiger partial charge >= 0.3 is 0 Å². The van der Waals surface area contributed by atoms with Crippen LogP contribution in [-0.4, -0.2) is 39.3 Å². The zero-order chi connectivity index (χ0) is 17.2. The molecule has 0 radical (unpaired) electrons. The summed E-state index contributed by atoms with van der Waals surface area (Å²) in [4.78, 5) is 3.77. The first-order valence-corrected chi connectivity index (χ1v) is 10.5. The molecule has 1 saturated heterocycles. The van der Waals surface area contributed by atoms with Crippen LogP contribution in [0.5, 0.6) is 0 Å². The third-order valence-corrected chi connectivity index (χ3v) is 6.76. The van der Waals surface area contributed by atoms with Crippen molar-refractivity contribution in [2.45, 2.75) is 64.7 Å². The monoisotopic (exact) mass is 360 g/mol. The van der Waals surface area contributed by atoms with Crippen molar-refractivity contribution < 1.29 is 4.52 Å². The zero-order valence-electron chi connectivity index (χ0n) is 15.3. The third-order valence-electron chi connectivity index (χ3n) is 6.02. The van der Waals surface area contributed by atoms with Crippen LogP contribution in [0.25, 0.3) is 10.6 Å². The molecule has 2 fully saturated rings. The van der Waals surface area contributed by atoms with Crippen molar-refractivity contribution in [1.29, 1.82) is 0 Å². The number of hydrogen-bond donors (Lipinski definition) is 0. The fourth-order valence-electron chi connectivity index (χ4n) is 4.55. The van der Waals surface area contributed by atoms with Crippen molar-refractivity contribution in [3.05, 3.63) is 17.0 Å². The Morgan fingerprint density at radius 2 is 1.92 bits per heavy atom. The van der Waals surface area contributed by atoms with Gasteiger partial charge in [-0.3, -0.25) is 0 Å². The average Bonchev–Trinajstić information content (AvgIpc) is 3.36. The van der Waals surface area contributed by atoms with E-state index in [1.165, 1.54) is 75.3 Å². The zero-order valence-corrected chi connectivity index (χ0v) is 16.1. The molecule has 1 aliphatic heterocycles. The van der Waals surface area contributed by atoms with Gasteiger partial charge in [-0.25, -0.2) is 0 Å². The highest BCUT2D eigenvalue weighted by atomic mass is 32.1. The quantitative estimate of drug-likeness (QED) is 0.789. The van der Waals surface area contributed by atoms with Gasteiger partial charge in [-0.15, -0.1) is 5.10 Å². The summed E-state index contributed by atoms with van der Waals surface area (Å²) in [5, 5.41) is 8.66. The van der Waals surface area contributed by atoms with Crippen molar-refractivity contribution in [1.82, 2.24) is 19.6 Å². The molecule has 6 heteroatoms. The molecule has 0 atom stereocenters. The number of rotatable bonds is 5. The second-order valence-corrected chi connectivity index (χ2v) is 8.40. The number of aromatic nitrogens is 3. The molecule has 0 spiro atoms. The smallest absolute Gasteiger partial charge is 0.183 e. The highest BCUT2D eigenvalue weighted by Gasteiger charge is 2.29. The molecule has 0 unspecified atom stereocenters. The van der Waals surface area contributed by atoms with Crippen LogP contribution in [0.2, 0.25) is 0 Å². The van der Waals surface area contributed by atoms with Gasteiger partial charge in [-0.05, 0) is 69.6 Å². The Morgan fingerprint density at radius 3 is 2.64 bits per heavy atom. The minimum atomic E-state index is 0.503. The van der Waals surface area contributed by atoms with E-state index in [0.29, 0.717) is 5.92 Å². The lowest BCUT2D eigenvalue weighted by molar-refractivity contribution is 0.182. The molecule has 2 aromatic heterocycles. The standard InChI is InChI=1S/C19H28N4OS/c1-3-16-13(2)21-24-18(16)19-17(20-22-25-19)15-8-10-23(11-9-15)12-14-6-4-5-7-14/h14-15H,3-12H2,1-2H3. The molecular formula is C19H28N4OS. The normalized spacial score (nSPS) is 20.6. The van der Waals surface area contributed by atoms with Crippen LogP contribution in [0.3, 0.4) is 0 Å². The van der Waals surface area contributed by atoms with Crippen LogP contribution >= 0.6 is 11.5 Å². The molecule has 25 heavy (non-hydrogen) atoms. The molecule has 1 saturated carbocycles. The van der Waals surface area contributed by atoms with Gasteiger partial charge in [0.05, 0.1) is 11.4 Å². The average molecular weight is 361 g/mol. The minimum absolute atomic E-state index is 0.503. The van der Waals surface area contributed by atoms with E-state index in [0.717, 1.165) is 34.4 Å². The number of nitrogens with zero attached hydrogens (tertiary/aromatic N) is 4. The maximum Gasteiger partial charge on any atom is 0.183 e. The first-order chi connectivity index (χ1) is 12.3. The van der Waals surface area contributed by atoms with Gasteiger partial charge in [-0.2, -0.15) is 0 Å². The molecule has 3 heterocycles. The van der Waals surface area contributed by atoms with E-state index in [2.05, 4.69) is 26.6 Å². The molecule has 2 aliphatic rings. The Labute approximate surface area is 154 Å². The van der Waals surface area contributed by atoms with Crippen molar-refractivity contribution in [3.8, 4) is 10.6 Å². The molecule has 0 N–H and O–H groups in total. The molecule has 1 aliphatic carbocycles. The summed E-state index contributed by atoms with van der Waals surface area (Å²) in [5.41, 5.74) is 3.32. The van der Waals surface area contributed by atoms with E-state index in [4.69, 9.17) is 4.52 Å². The summed E-state index contributed by atoms with van der Waals surface area (Å²) in [6, 6.07) is 0. The molecule has 5 nitrogen and oxygen atoms in total. The van der Waals surface area contributed by atoms with Gasteiger partial charge < -0.3 is 9.42 Å². The second kappa shape index (κ2) is 7.54. The summed E-state index contributed by atoms with van der Waals surface area (Å²) in [5.74, 6) is 2.35. The first-order valence-electron chi connectivity index (χ1n) is 9.76. The topological polar surface area (TPSA) is 55.1 Å². The van der Waals surface area contributed by atoms with E-state index in [-0.39, 0.29) is 0 Å². The molecule has 136 valence electrons. The maximum atomic E-state index is 5.64. The highest BCUT2D eigenvalue weighted by Crippen LogP contribution is 2.38. The summed E-state index contributed by atoms with van der Waals surface area (Å²) in [6.07, 6.45) is 9.04. The predicted octanol–water partition coefficient (Wildman–Crippen LogP) is 4.43. The second-order valence-electron chi connectivity index (χ2n) is 7.64.